The molecule has 2 unspecified atom stereocenters. The van der Waals surface area contributed by atoms with Crippen LogP contribution in [0.15, 0.2) is 34.2 Å². The van der Waals surface area contributed by atoms with Gasteiger partial charge in [-0.15, -0.1) is 0 Å². The van der Waals surface area contributed by atoms with E-state index in [1.807, 2.05) is 0 Å². The van der Waals surface area contributed by atoms with E-state index in [9.17, 15) is 17.6 Å². The Kier molecular flexibility index (Phi) is 4.32. The van der Waals surface area contributed by atoms with Crippen molar-refractivity contribution in [2.24, 2.45) is 4.99 Å². The van der Waals surface area contributed by atoms with Crippen molar-refractivity contribution >= 4 is 16.1 Å². The maximum Gasteiger partial charge on any atom is 0.243 e. The van der Waals surface area contributed by atoms with Crippen LogP contribution in [0.2, 0.25) is 0 Å². The van der Waals surface area contributed by atoms with Crippen LogP contribution in [0.1, 0.15) is 19.8 Å². The highest BCUT2D eigenvalue weighted by Gasteiger charge is 2.34. The fraction of sp³-hybridized carbons (Fsp3) is 0.462. The van der Waals surface area contributed by atoms with Crippen LogP contribution in [-0.4, -0.2) is 37.4 Å². The first-order chi connectivity index (χ1) is 9.45. The lowest BCUT2D eigenvalue weighted by atomic mass is 10.0. The van der Waals surface area contributed by atoms with Crippen LogP contribution < -0.4 is 0 Å². The first-order valence-corrected chi connectivity index (χ1v) is 7.73. The molecule has 0 radical (unpaired) electrons. The molecule has 7 heteroatoms. The number of sulfonamides is 1. The van der Waals surface area contributed by atoms with Crippen molar-refractivity contribution in [2.45, 2.75) is 36.7 Å². The highest BCUT2D eigenvalue weighted by Crippen LogP contribution is 2.26. The lowest BCUT2D eigenvalue weighted by molar-refractivity contribution is 0.248. The van der Waals surface area contributed by atoms with Gasteiger partial charge in [0.25, 0.3) is 0 Å². The molecule has 0 spiro atoms. The molecule has 20 heavy (non-hydrogen) atoms. The van der Waals surface area contributed by atoms with Crippen molar-refractivity contribution < 1.29 is 17.6 Å². The highest BCUT2D eigenvalue weighted by atomic mass is 32.2. The van der Waals surface area contributed by atoms with E-state index in [-0.39, 0.29) is 23.5 Å². The third-order valence-corrected chi connectivity index (χ3v) is 5.44. The summed E-state index contributed by atoms with van der Waals surface area (Å²) < 4.78 is 39.4. The number of aliphatic imine (C=N–C) groups is 1. The lowest BCUT2D eigenvalue weighted by Gasteiger charge is -2.34. The summed E-state index contributed by atoms with van der Waals surface area (Å²) >= 11 is 0. The van der Waals surface area contributed by atoms with E-state index >= 15 is 0 Å². The lowest BCUT2D eigenvalue weighted by Crippen LogP contribution is -2.45. The molecule has 5 nitrogen and oxygen atoms in total. The fourth-order valence-corrected chi connectivity index (χ4v) is 4.13. The van der Waals surface area contributed by atoms with Gasteiger partial charge in [0, 0.05) is 12.6 Å². The zero-order chi connectivity index (χ0) is 14.8. The van der Waals surface area contributed by atoms with Crippen molar-refractivity contribution in [1.29, 1.82) is 0 Å². The Hall–Kier alpha value is -1.56. The van der Waals surface area contributed by atoms with Gasteiger partial charge in [0.1, 0.15) is 5.82 Å². The molecular formula is C13H15FN2O3S. The Bertz CT molecular complexity index is 641. The van der Waals surface area contributed by atoms with Gasteiger partial charge in [-0.05, 0) is 38.0 Å². The summed E-state index contributed by atoms with van der Waals surface area (Å²) in [5, 5.41) is 0. The molecule has 1 aromatic rings. The molecule has 2 rings (SSSR count). The van der Waals surface area contributed by atoms with Crippen LogP contribution in [-0.2, 0) is 14.8 Å². The molecule has 0 aromatic heterocycles. The maximum absolute atomic E-state index is 13.2. The number of isocyanates is 1. The first kappa shape index (κ1) is 14.8. The molecular weight excluding hydrogens is 283 g/mol. The minimum Gasteiger partial charge on any atom is -0.211 e. The third-order valence-electron chi connectivity index (χ3n) is 3.43. The molecule has 0 N–H and O–H groups in total. The fourth-order valence-electron chi connectivity index (χ4n) is 2.44. The second kappa shape index (κ2) is 5.83. The molecule has 108 valence electrons. The van der Waals surface area contributed by atoms with E-state index in [4.69, 9.17) is 0 Å². The van der Waals surface area contributed by atoms with E-state index in [0.29, 0.717) is 12.8 Å². The Balaban J connectivity index is 2.25. The molecule has 1 heterocycles. The molecule has 0 bridgehead atoms. The van der Waals surface area contributed by atoms with Gasteiger partial charge in [-0.25, -0.2) is 22.6 Å². The monoisotopic (exact) mass is 298 g/mol. The first-order valence-electron chi connectivity index (χ1n) is 6.29. The van der Waals surface area contributed by atoms with Crippen LogP contribution >= 0.6 is 0 Å². The van der Waals surface area contributed by atoms with E-state index in [1.54, 1.807) is 6.92 Å². The van der Waals surface area contributed by atoms with Crippen molar-refractivity contribution in [3.8, 4) is 0 Å². The van der Waals surface area contributed by atoms with Crippen molar-refractivity contribution in [1.82, 2.24) is 4.31 Å². The summed E-state index contributed by atoms with van der Waals surface area (Å²) in [6, 6.07) is 4.48. The molecule has 1 saturated heterocycles. The van der Waals surface area contributed by atoms with Gasteiger partial charge >= 0.3 is 0 Å². The molecule has 1 aliphatic heterocycles. The van der Waals surface area contributed by atoms with Gasteiger partial charge in [0.05, 0.1) is 10.9 Å². The van der Waals surface area contributed by atoms with Crippen LogP contribution in [0.5, 0.6) is 0 Å². The quantitative estimate of drug-likeness (QED) is 0.630. The topological polar surface area (TPSA) is 66.8 Å². The Morgan fingerprint density at radius 3 is 2.80 bits per heavy atom. The number of nitrogens with zero attached hydrogens (tertiary/aromatic N) is 2. The number of rotatable bonds is 3. The predicted octanol–water partition coefficient (Wildman–Crippen LogP) is 1.70. The normalized spacial score (nSPS) is 24.1. The number of halogens is 1. The Morgan fingerprint density at radius 2 is 2.20 bits per heavy atom. The van der Waals surface area contributed by atoms with Gasteiger partial charge in [-0.1, -0.05) is 6.07 Å². The molecule has 1 aromatic carbocycles. The average Bonchev–Trinajstić information content (AvgIpc) is 2.39. The summed E-state index contributed by atoms with van der Waals surface area (Å²) in [5.41, 5.74) is 0. The summed E-state index contributed by atoms with van der Waals surface area (Å²) in [4.78, 5) is 13.8. The van der Waals surface area contributed by atoms with Gasteiger partial charge < -0.3 is 0 Å². The standard InChI is InChI=1S/C13H15FN2O3S/c1-10-7-12(15-9-17)5-6-16(10)20(18,19)13-4-2-3-11(14)8-13/h2-4,8,10,12H,5-7H2,1H3. The van der Waals surface area contributed by atoms with Crippen LogP contribution in [0.3, 0.4) is 0 Å². The van der Waals surface area contributed by atoms with E-state index in [2.05, 4.69) is 4.99 Å². The minimum absolute atomic E-state index is 0.0540. The van der Waals surface area contributed by atoms with Crippen molar-refractivity contribution in [3.05, 3.63) is 30.1 Å². The summed E-state index contributed by atoms with van der Waals surface area (Å²) in [5.74, 6) is -0.584. The van der Waals surface area contributed by atoms with E-state index < -0.39 is 15.8 Å². The molecule has 1 fully saturated rings. The number of hydrogen-bond donors (Lipinski definition) is 0. The average molecular weight is 298 g/mol. The zero-order valence-corrected chi connectivity index (χ0v) is 11.8. The summed E-state index contributed by atoms with van der Waals surface area (Å²) in [6.07, 6.45) is 2.44. The summed E-state index contributed by atoms with van der Waals surface area (Å²) in [6.45, 7) is 2.01. The van der Waals surface area contributed by atoms with Gasteiger partial charge in [-0.3, -0.25) is 0 Å². The van der Waals surface area contributed by atoms with Gasteiger partial charge in [0.15, 0.2) is 0 Å². The van der Waals surface area contributed by atoms with E-state index in [0.717, 1.165) is 6.07 Å². The maximum atomic E-state index is 13.2. The second-order valence-corrected chi connectivity index (χ2v) is 6.71. The Morgan fingerprint density at radius 1 is 1.45 bits per heavy atom. The van der Waals surface area contributed by atoms with Crippen molar-refractivity contribution in [3.63, 3.8) is 0 Å². The molecule has 0 amide bonds. The number of hydrogen-bond acceptors (Lipinski definition) is 4. The van der Waals surface area contributed by atoms with Gasteiger partial charge in [-0.2, -0.15) is 4.31 Å². The summed E-state index contributed by atoms with van der Waals surface area (Å²) in [7, 11) is -3.72. The molecule has 0 saturated carbocycles. The number of piperidine rings is 1. The zero-order valence-electron chi connectivity index (χ0n) is 11.0. The number of benzene rings is 1. The predicted molar refractivity (Wildman–Crippen MR) is 70.9 cm³/mol. The number of carbonyl (C=O) groups excluding carboxylic acids is 1. The minimum atomic E-state index is -3.72. The molecule has 2 atom stereocenters. The van der Waals surface area contributed by atoms with Crippen LogP contribution in [0, 0.1) is 5.82 Å². The molecule has 0 aliphatic carbocycles. The van der Waals surface area contributed by atoms with Crippen molar-refractivity contribution in [2.75, 3.05) is 6.54 Å². The van der Waals surface area contributed by atoms with E-state index in [1.165, 1.54) is 28.6 Å². The SMILES string of the molecule is CC1CC(N=C=O)CCN1S(=O)(=O)c1cccc(F)c1. The van der Waals surface area contributed by atoms with Crippen LogP contribution in [0.4, 0.5) is 4.39 Å². The third kappa shape index (κ3) is 2.95. The smallest absolute Gasteiger partial charge is 0.211 e. The Labute approximate surface area is 117 Å². The van der Waals surface area contributed by atoms with Crippen LogP contribution in [0.25, 0.3) is 0 Å². The largest absolute Gasteiger partial charge is 0.243 e. The second-order valence-electron chi connectivity index (χ2n) is 4.82. The van der Waals surface area contributed by atoms with Gasteiger partial charge in [0.2, 0.25) is 16.1 Å². The molecule has 1 aliphatic rings. The highest BCUT2D eigenvalue weighted by molar-refractivity contribution is 7.89.